The summed E-state index contributed by atoms with van der Waals surface area (Å²) in [7, 11) is 0. The lowest BCUT2D eigenvalue weighted by Crippen LogP contribution is -2.32. The topological polar surface area (TPSA) is 61.4 Å². The number of phenolic OH excluding ortho intramolecular Hbond substituents is 1. The number of amides is 1. The van der Waals surface area contributed by atoms with E-state index in [1.165, 1.54) is 0 Å². The number of unbranched alkanes of at least 4 members (excludes halogenated alkanes) is 4. The number of carbonyl (C=O) groups excluding carboxylic acids is 1. The fraction of sp³-hybridized carbons (Fsp3) is 0.435. The zero-order valence-electron chi connectivity index (χ0n) is 16.8. The van der Waals surface area contributed by atoms with Crippen molar-refractivity contribution in [3.8, 4) is 5.75 Å². The van der Waals surface area contributed by atoms with Gasteiger partial charge in [0.25, 0.3) is 5.91 Å². The van der Waals surface area contributed by atoms with E-state index < -0.39 is 18.3 Å². The third-order valence-electron chi connectivity index (χ3n) is 4.74. The molecule has 0 aliphatic carbocycles. The zero-order chi connectivity index (χ0) is 21.1. The monoisotopic (exact) mass is 404 g/mol. The molecule has 0 bridgehead atoms. The molecule has 0 saturated heterocycles. The first-order valence-corrected chi connectivity index (χ1v) is 10.2. The maximum atomic E-state index is 14.0. The van der Waals surface area contributed by atoms with Gasteiger partial charge in [0.15, 0.2) is 0 Å². The van der Waals surface area contributed by atoms with Crippen molar-refractivity contribution >= 4 is 17.3 Å². The van der Waals surface area contributed by atoms with Gasteiger partial charge in [-0.1, -0.05) is 51.2 Å². The van der Waals surface area contributed by atoms with Crippen LogP contribution in [-0.2, 0) is 11.3 Å². The van der Waals surface area contributed by atoms with E-state index in [-0.39, 0.29) is 12.2 Å². The minimum absolute atomic E-state index is 0.0679. The lowest BCUT2D eigenvalue weighted by atomic mass is 10.1. The molecule has 158 valence electrons. The normalized spacial score (nSPS) is 12.9. The molecule has 0 aliphatic rings. The van der Waals surface area contributed by atoms with Crippen LogP contribution in [0, 0.1) is 0 Å². The second-order valence-electron chi connectivity index (χ2n) is 7.21. The third kappa shape index (κ3) is 8.10. The first-order valence-electron chi connectivity index (χ1n) is 10.2. The molecule has 0 radical (unpaired) electrons. The summed E-state index contributed by atoms with van der Waals surface area (Å²) in [4.78, 5) is 12.0. The molecule has 6 heteroatoms. The molecule has 2 aromatic carbocycles. The highest BCUT2D eigenvalue weighted by Gasteiger charge is 2.27. The zero-order valence-corrected chi connectivity index (χ0v) is 16.8. The molecule has 0 aromatic heterocycles. The molecule has 0 spiro atoms. The smallest absolute Gasteiger partial charge is 0.261 e. The number of nitrogens with one attached hydrogen (secondary N) is 2. The number of phenols is 1. The molecule has 3 N–H and O–H groups in total. The lowest BCUT2D eigenvalue weighted by Gasteiger charge is -2.14. The average Bonchev–Trinajstić information content (AvgIpc) is 2.73. The van der Waals surface area contributed by atoms with Crippen molar-refractivity contribution in [2.45, 2.75) is 64.3 Å². The number of carbonyl (C=O) groups is 1. The van der Waals surface area contributed by atoms with E-state index in [1.54, 1.807) is 36.4 Å². The number of hydrogen-bond donors (Lipinski definition) is 3. The van der Waals surface area contributed by atoms with Gasteiger partial charge < -0.3 is 15.7 Å². The Balaban J connectivity index is 1.75. The molecule has 0 saturated carbocycles. The van der Waals surface area contributed by atoms with Crippen LogP contribution < -0.4 is 10.6 Å². The molecule has 29 heavy (non-hydrogen) atoms. The number of aromatic hydroxyl groups is 1. The molecular formula is C23H30F2N2O2. The van der Waals surface area contributed by atoms with Crippen LogP contribution in [0.2, 0.25) is 0 Å². The van der Waals surface area contributed by atoms with Crippen molar-refractivity contribution in [3.63, 3.8) is 0 Å². The van der Waals surface area contributed by atoms with Gasteiger partial charge in [0.1, 0.15) is 11.9 Å². The average molecular weight is 405 g/mol. The predicted octanol–water partition coefficient (Wildman–Crippen LogP) is 5.98. The standard InChI is InChI=1S/C23H30F2N2O2/c1-2-3-4-5-6-7-21(24)22(25)23(29)27-19-12-10-18(11-13-19)26-16-17-8-14-20(28)15-9-17/h8-15,21-22,26,28H,2-7,16H2,1H3,(H,27,29). The number of benzene rings is 2. The number of rotatable bonds is 12. The quantitative estimate of drug-likeness (QED) is 0.381. The number of alkyl halides is 2. The summed E-state index contributed by atoms with van der Waals surface area (Å²) in [5.74, 6) is -0.733. The van der Waals surface area contributed by atoms with Gasteiger partial charge in [0, 0.05) is 17.9 Å². The van der Waals surface area contributed by atoms with Gasteiger partial charge in [-0.15, -0.1) is 0 Å². The first-order chi connectivity index (χ1) is 14.0. The molecule has 0 heterocycles. The summed E-state index contributed by atoms with van der Waals surface area (Å²) in [5.41, 5.74) is 2.25. The fourth-order valence-electron chi connectivity index (χ4n) is 2.95. The van der Waals surface area contributed by atoms with Gasteiger partial charge in [-0.3, -0.25) is 4.79 Å². The second-order valence-corrected chi connectivity index (χ2v) is 7.21. The highest BCUT2D eigenvalue weighted by atomic mass is 19.2. The summed E-state index contributed by atoms with van der Waals surface area (Å²) in [6.07, 6.45) is 0.792. The molecule has 2 atom stereocenters. The Morgan fingerprint density at radius 2 is 1.55 bits per heavy atom. The second kappa shape index (κ2) is 12.0. The van der Waals surface area contributed by atoms with E-state index in [9.17, 15) is 18.7 Å². The van der Waals surface area contributed by atoms with Crippen molar-refractivity contribution in [2.24, 2.45) is 0 Å². The van der Waals surface area contributed by atoms with E-state index in [0.717, 1.165) is 36.9 Å². The van der Waals surface area contributed by atoms with Crippen LogP contribution in [0.25, 0.3) is 0 Å². The molecule has 0 aliphatic heterocycles. The van der Waals surface area contributed by atoms with Crippen molar-refractivity contribution < 1.29 is 18.7 Å². The maximum absolute atomic E-state index is 14.0. The first kappa shape index (κ1) is 22.7. The molecular weight excluding hydrogens is 374 g/mol. The Hall–Kier alpha value is -2.63. The minimum atomic E-state index is -2.16. The van der Waals surface area contributed by atoms with Crippen LogP contribution in [-0.4, -0.2) is 23.4 Å². The molecule has 4 nitrogen and oxygen atoms in total. The summed E-state index contributed by atoms with van der Waals surface area (Å²) < 4.78 is 28.0. The predicted molar refractivity (Wildman–Crippen MR) is 114 cm³/mol. The van der Waals surface area contributed by atoms with Gasteiger partial charge in [-0.25, -0.2) is 8.78 Å². The number of anilines is 2. The lowest BCUT2D eigenvalue weighted by molar-refractivity contribution is -0.123. The Labute approximate surface area is 171 Å². The Morgan fingerprint density at radius 1 is 0.931 bits per heavy atom. The largest absolute Gasteiger partial charge is 0.508 e. The van der Waals surface area contributed by atoms with Crippen molar-refractivity contribution in [1.82, 2.24) is 0 Å². The van der Waals surface area contributed by atoms with Crippen molar-refractivity contribution in [1.29, 1.82) is 0 Å². The van der Waals surface area contributed by atoms with Gasteiger partial charge in [-0.05, 0) is 48.4 Å². The highest BCUT2D eigenvalue weighted by molar-refractivity contribution is 5.94. The Morgan fingerprint density at radius 3 is 2.21 bits per heavy atom. The van der Waals surface area contributed by atoms with Crippen molar-refractivity contribution in [3.05, 3.63) is 54.1 Å². The number of halogens is 2. The van der Waals surface area contributed by atoms with Gasteiger partial charge >= 0.3 is 0 Å². The summed E-state index contributed by atoms with van der Waals surface area (Å²) >= 11 is 0. The molecule has 2 rings (SSSR count). The third-order valence-corrected chi connectivity index (χ3v) is 4.74. The number of hydrogen-bond acceptors (Lipinski definition) is 3. The van der Waals surface area contributed by atoms with Gasteiger partial charge in [-0.2, -0.15) is 0 Å². The summed E-state index contributed by atoms with van der Waals surface area (Å²) in [6, 6.07) is 13.7. The molecule has 2 aromatic rings. The van der Waals surface area contributed by atoms with Crippen LogP contribution in [0.1, 0.15) is 51.0 Å². The van der Waals surface area contributed by atoms with Crippen LogP contribution >= 0.6 is 0 Å². The van der Waals surface area contributed by atoms with Gasteiger partial charge in [0.2, 0.25) is 6.17 Å². The van der Waals surface area contributed by atoms with E-state index in [2.05, 4.69) is 17.6 Å². The van der Waals surface area contributed by atoms with E-state index in [4.69, 9.17) is 0 Å². The molecule has 0 fully saturated rings. The highest BCUT2D eigenvalue weighted by Crippen LogP contribution is 2.19. The van der Waals surface area contributed by atoms with Crippen LogP contribution in [0.3, 0.4) is 0 Å². The summed E-state index contributed by atoms with van der Waals surface area (Å²) in [6.45, 7) is 2.67. The van der Waals surface area contributed by atoms with Crippen LogP contribution in [0.15, 0.2) is 48.5 Å². The SMILES string of the molecule is CCCCCCCC(F)C(F)C(=O)Nc1ccc(NCc2ccc(O)cc2)cc1. The van der Waals surface area contributed by atoms with Crippen molar-refractivity contribution in [2.75, 3.05) is 10.6 Å². The van der Waals surface area contributed by atoms with Gasteiger partial charge in [0.05, 0.1) is 0 Å². The minimum Gasteiger partial charge on any atom is -0.508 e. The Kier molecular flexibility index (Phi) is 9.41. The van der Waals surface area contributed by atoms with Crippen LogP contribution in [0.4, 0.5) is 20.2 Å². The maximum Gasteiger partial charge on any atom is 0.261 e. The summed E-state index contributed by atoms with van der Waals surface area (Å²) in [5, 5.41) is 14.9. The van der Waals surface area contributed by atoms with E-state index >= 15 is 0 Å². The fourth-order valence-corrected chi connectivity index (χ4v) is 2.95. The van der Waals surface area contributed by atoms with E-state index in [0.29, 0.717) is 18.7 Å². The molecule has 1 amide bonds. The molecule has 2 unspecified atom stereocenters. The van der Waals surface area contributed by atoms with E-state index in [1.807, 2.05) is 12.1 Å². The Bertz CT molecular complexity index is 736. The van der Waals surface area contributed by atoms with Crippen LogP contribution in [0.5, 0.6) is 5.75 Å².